The van der Waals surface area contributed by atoms with Crippen molar-refractivity contribution in [1.29, 1.82) is 0 Å². The minimum absolute atomic E-state index is 0.324. The lowest BCUT2D eigenvalue weighted by atomic mass is 10.1. The number of amidine groups is 2. The second-order valence-corrected chi connectivity index (χ2v) is 3.82. The van der Waals surface area contributed by atoms with Crippen molar-refractivity contribution in [3.8, 4) is 0 Å². The molecule has 0 fully saturated rings. The molecular formula is C8H12F3N3. The molecule has 6 heteroatoms. The maximum atomic E-state index is 12.3. The molecule has 1 aliphatic rings. The van der Waals surface area contributed by atoms with Crippen LogP contribution in [-0.2, 0) is 0 Å². The average molecular weight is 207 g/mol. The van der Waals surface area contributed by atoms with Gasteiger partial charge in [0.05, 0.1) is 0 Å². The van der Waals surface area contributed by atoms with Crippen LogP contribution in [0.3, 0.4) is 0 Å². The van der Waals surface area contributed by atoms with E-state index in [1.54, 1.807) is 32.8 Å². The van der Waals surface area contributed by atoms with Crippen molar-refractivity contribution in [2.24, 2.45) is 9.98 Å². The Morgan fingerprint density at radius 1 is 1.21 bits per heavy atom. The van der Waals surface area contributed by atoms with Gasteiger partial charge in [0.2, 0.25) is 5.84 Å². The molecule has 80 valence electrons. The fourth-order valence-electron chi connectivity index (χ4n) is 1.35. The molecule has 0 amide bonds. The van der Waals surface area contributed by atoms with Crippen molar-refractivity contribution >= 4 is 11.7 Å². The van der Waals surface area contributed by atoms with Crippen molar-refractivity contribution in [3.63, 3.8) is 0 Å². The van der Waals surface area contributed by atoms with Gasteiger partial charge in [-0.3, -0.25) is 0 Å². The molecule has 0 spiro atoms. The predicted octanol–water partition coefficient (Wildman–Crippen LogP) is 1.70. The Kier molecular flexibility index (Phi) is 2.33. The van der Waals surface area contributed by atoms with Crippen molar-refractivity contribution in [2.75, 3.05) is 14.1 Å². The first-order chi connectivity index (χ1) is 6.14. The second-order valence-electron chi connectivity index (χ2n) is 3.82. The molecule has 0 saturated heterocycles. The highest BCUT2D eigenvalue weighted by Gasteiger charge is 2.44. The van der Waals surface area contributed by atoms with Crippen LogP contribution in [0, 0.1) is 0 Å². The minimum Gasteiger partial charge on any atom is -0.364 e. The lowest BCUT2D eigenvalue weighted by Gasteiger charge is -2.23. The number of nitrogens with zero attached hydrogens (tertiary/aromatic N) is 3. The minimum atomic E-state index is -4.46. The molecule has 0 aromatic carbocycles. The number of hydrogen-bond donors (Lipinski definition) is 0. The molecule has 1 heterocycles. The van der Waals surface area contributed by atoms with Gasteiger partial charge >= 0.3 is 6.18 Å². The van der Waals surface area contributed by atoms with Gasteiger partial charge in [-0.05, 0) is 13.8 Å². The second kappa shape index (κ2) is 2.96. The van der Waals surface area contributed by atoms with E-state index in [-0.39, 0.29) is 0 Å². The molecule has 3 nitrogen and oxygen atoms in total. The summed E-state index contributed by atoms with van der Waals surface area (Å²) < 4.78 is 36.9. The maximum Gasteiger partial charge on any atom is 0.451 e. The third kappa shape index (κ3) is 1.88. The molecule has 0 saturated carbocycles. The van der Waals surface area contributed by atoms with Gasteiger partial charge in [0, 0.05) is 14.1 Å². The Balaban J connectivity index is 3.07. The van der Waals surface area contributed by atoms with Crippen LogP contribution < -0.4 is 0 Å². The highest BCUT2D eigenvalue weighted by Crippen LogP contribution is 2.28. The average Bonchev–Trinajstić information content (AvgIpc) is 2.23. The van der Waals surface area contributed by atoms with Gasteiger partial charge in [-0.1, -0.05) is 0 Å². The lowest BCUT2D eigenvalue weighted by Crippen LogP contribution is -2.37. The molecule has 0 radical (unpaired) electrons. The van der Waals surface area contributed by atoms with Gasteiger partial charge < -0.3 is 4.90 Å². The molecule has 0 unspecified atom stereocenters. The molecule has 0 atom stereocenters. The van der Waals surface area contributed by atoms with Gasteiger partial charge in [0.1, 0.15) is 11.4 Å². The number of alkyl halides is 3. The number of rotatable bonds is 0. The van der Waals surface area contributed by atoms with Crippen LogP contribution in [0.25, 0.3) is 0 Å². The van der Waals surface area contributed by atoms with E-state index in [1.807, 2.05) is 0 Å². The molecule has 0 aromatic rings. The van der Waals surface area contributed by atoms with Gasteiger partial charge in [-0.15, -0.1) is 0 Å². The molecule has 1 rings (SSSR count). The summed E-state index contributed by atoms with van der Waals surface area (Å²) in [7, 11) is 3.30. The monoisotopic (exact) mass is 207 g/mol. The number of aliphatic imine (C=N–C) groups is 2. The van der Waals surface area contributed by atoms with E-state index in [1.165, 1.54) is 0 Å². The SMILES string of the molecule is CN(C)C1=NC(C(F)(F)F)=NC1(C)C. The summed E-state index contributed by atoms with van der Waals surface area (Å²) in [5.41, 5.74) is -0.894. The largest absolute Gasteiger partial charge is 0.451 e. The molecule has 14 heavy (non-hydrogen) atoms. The fraction of sp³-hybridized carbons (Fsp3) is 0.750. The van der Waals surface area contributed by atoms with E-state index in [9.17, 15) is 13.2 Å². The van der Waals surface area contributed by atoms with Crippen molar-refractivity contribution in [3.05, 3.63) is 0 Å². The smallest absolute Gasteiger partial charge is 0.364 e. The third-order valence-corrected chi connectivity index (χ3v) is 1.82. The Hall–Kier alpha value is -1.07. The highest BCUT2D eigenvalue weighted by molar-refractivity contribution is 6.08. The van der Waals surface area contributed by atoms with Crippen LogP contribution in [0.2, 0.25) is 0 Å². The van der Waals surface area contributed by atoms with Crippen LogP contribution >= 0.6 is 0 Å². The Bertz CT molecular complexity index is 299. The standard InChI is InChI=1S/C8H12F3N3/c1-7(2)6(14(3)4)12-5(13-7)8(9,10)11/h1-4H3. The zero-order valence-electron chi connectivity index (χ0n) is 8.48. The first-order valence-electron chi connectivity index (χ1n) is 4.08. The molecule has 1 aliphatic heterocycles. The third-order valence-electron chi connectivity index (χ3n) is 1.82. The van der Waals surface area contributed by atoms with E-state index < -0.39 is 17.6 Å². The number of halogens is 3. The van der Waals surface area contributed by atoms with E-state index in [0.29, 0.717) is 5.84 Å². The van der Waals surface area contributed by atoms with Crippen LogP contribution in [0.4, 0.5) is 13.2 Å². The molecule has 0 aromatic heterocycles. The van der Waals surface area contributed by atoms with E-state index in [2.05, 4.69) is 9.98 Å². The van der Waals surface area contributed by atoms with E-state index in [0.717, 1.165) is 0 Å². The quantitative estimate of drug-likeness (QED) is 0.594. The van der Waals surface area contributed by atoms with Crippen LogP contribution in [0.5, 0.6) is 0 Å². The molecule has 0 aliphatic carbocycles. The molecule has 0 N–H and O–H groups in total. The summed E-state index contributed by atoms with van der Waals surface area (Å²) in [6, 6.07) is 0. The van der Waals surface area contributed by atoms with Crippen LogP contribution in [0.15, 0.2) is 9.98 Å². The first-order valence-corrected chi connectivity index (χ1v) is 4.08. The maximum absolute atomic E-state index is 12.3. The Morgan fingerprint density at radius 3 is 1.93 bits per heavy atom. The Morgan fingerprint density at radius 2 is 1.71 bits per heavy atom. The highest BCUT2D eigenvalue weighted by atomic mass is 19.4. The summed E-state index contributed by atoms with van der Waals surface area (Å²) in [4.78, 5) is 8.56. The van der Waals surface area contributed by atoms with Crippen molar-refractivity contribution in [2.45, 2.75) is 25.6 Å². The van der Waals surface area contributed by atoms with Gasteiger partial charge in [-0.25, -0.2) is 9.98 Å². The number of likely N-dealkylation sites (N-methyl/N-ethyl adjacent to an activating group) is 1. The zero-order chi connectivity index (χ0) is 11.1. The van der Waals surface area contributed by atoms with Crippen LogP contribution in [0.1, 0.15) is 13.8 Å². The van der Waals surface area contributed by atoms with Crippen molar-refractivity contribution in [1.82, 2.24) is 4.90 Å². The van der Waals surface area contributed by atoms with Crippen LogP contribution in [-0.4, -0.2) is 42.4 Å². The Labute approximate surface area is 80.3 Å². The summed E-state index contributed by atoms with van der Waals surface area (Å²) in [5, 5.41) is 0. The first kappa shape index (κ1) is 11.0. The molecule has 0 bridgehead atoms. The van der Waals surface area contributed by atoms with Gasteiger partial charge in [0.15, 0.2) is 0 Å². The van der Waals surface area contributed by atoms with E-state index in [4.69, 9.17) is 0 Å². The summed E-state index contributed by atoms with van der Waals surface area (Å²) in [6.07, 6.45) is -4.46. The zero-order valence-corrected chi connectivity index (χ0v) is 8.48. The summed E-state index contributed by atoms with van der Waals surface area (Å²) >= 11 is 0. The van der Waals surface area contributed by atoms with Crippen molar-refractivity contribution < 1.29 is 13.2 Å². The normalized spacial score (nSPS) is 20.5. The summed E-state index contributed by atoms with van der Waals surface area (Å²) in [5.74, 6) is -0.726. The number of hydrogen-bond acceptors (Lipinski definition) is 3. The summed E-state index contributed by atoms with van der Waals surface area (Å²) in [6.45, 7) is 3.20. The van der Waals surface area contributed by atoms with Gasteiger partial charge in [-0.2, -0.15) is 13.2 Å². The molecular weight excluding hydrogens is 195 g/mol. The lowest BCUT2D eigenvalue weighted by molar-refractivity contribution is -0.0597. The predicted molar refractivity (Wildman–Crippen MR) is 48.7 cm³/mol. The fourth-order valence-corrected chi connectivity index (χ4v) is 1.35. The van der Waals surface area contributed by atoms with Gasteiger partial charge in [0.25, 0.3) is 0 Å². The van der Waals surface area contributed by atoms with E-state index >= 15 is 0 Å². The topological polar surface area (TPSA) is 28.0 Å².